The van der Waals surface area contributed by atoms with E-state index >= 15 is 0 Å². The molecule has 0 radical (unpaired) electrons. The maximum Gasteiger partial charge on any atom is 0.332 e. The first-order valence-corrected chi connectivity index (χ1v) is 25.0. The fourth-order valence-corrected chi connectivity index (χ4v) is 10.4. The Morgan fingerprint density at radius 1 is 0.514 bits per heavy atom. The second kappa shape index (κ2) is 23.9. The van der Waals surface area contributed by atoms with Gasteiger partial charge in [0.05, 0.1) is 25.6 Å². The third-order valence-corrected chi connectivity index (χ3v) is 14.3. The number of hydrogen-bond acceptors (Lipinski definition) is 14. The summed E-state index contributed by atoms with van der Waals surface area (Å²) < 4.78 is 23.6. The van der Waals surface area contributed by atoms with Gasteiger partial charge in [0, 0.05) is 103 Å². The number of carbonyl (C=O) groups is 4. The number of hydrogen-bond donors (Lipinski definition) is 0. The molecule has 0 bridgehead atoms. The van der Waals surface area contributed by atoms with Crippen LogP contribution in [0.4, 0.5) is 23.0 Å². The Labute approximate surface area is 412 Å². The number of amides is 2. The summed E-state index contributed by atoms with van der Waals surface area (Å²) in [5, 5.41) is 0. The molecule has 4 heterocycles. The van der Waals surface area contributed by atoms with Crippen LogP contribution in [0.5, 0.6) is 11.5 Å². The van der Waals surface area contributed by atoms with Gasteiger partial charge >= 0.3 is 11.9 Å². The first-order chi connectivity index (χ1) is 34.2. The van der Waals surface area contributed by atoms with Crippen LogP contribution in [0.15, 0.2) is 109 Å². The predicted octanol–water partition coefficient (Wildman–Crippen LogP) is 6.55. The van der Waals surface area contributed by atoms with Crippen molar-refractivity contribution >= 4 is 46.8 Å². The van der Waals surface area contributed by atoms with E-state index < -0.39 is 23.1 Å². The molecule has 2 aromatic carbocycles. The van der Waals surface area contributed by atoms with E-state index in [-0.39, 0.29) is 11.8 Å². The van der Waals surface area contributed by atoms with E-state index in [2.05, 4.69) is 41.7 Å². The molecule has 4 fully saturated rings. The molecule has 2 saturated carbocycles. The van der Waals surface area contributed by atoms with E-state index in [4.69, 9.17) is 18.9 Å². The van der Waals surface area contributed by atoms with Gasteiger partial charge in [-0.25, -0.2) is 19.6 Å². The number of aromatic nitrogens is 2. The molecule has 2 amide bonds. The lowest BCUT2D eigenvalue weighted by molar-refractivity contribution is -0.168. The monoisotopic (exact) mass is 957 g/mol. The van der Waals surface area contributed by atoms with Crippen LogP contribution < -0.4 is 29.1 Å². The lowest BCUT2D eigenvalue weighted by Gasteiger charge is -2.40. The van der Waals surface area contributed by atoms with Crippen molar-refractivity contribution in [2.45, 2.75) is 75.4 Å². The highest BCUT2D eigenvalue weighted by molar-refractivity contribution is 6.03. The van der Waals surface area contributed by atoms with Gasteiger partial charge in [0.25, 0.3) is 11.8 Å². The van der Waals surface area contributed by atoms with Crippen LogP contribution in [-0.2, 0) is 28.7 Å². The summed E-state index contributed by atoms with van der Waals surface area (Å²) in [6, 6.07) is 26.9. The maximum absolute atomic E-state index is 14.9. The van der Waals surface area contributed by atoms with Crippen LogP contribution in [0.3, 0.4) is 0 Å². The summed E-state index contributed by atoms with van der Waals surface area (Å²) in [5.74, 6) is 0.322. The molecule has 2 aliphatic heterocycles. The van der Waals surface area contributed by atoms with Crippen molar-refractivity contribution in [3.8, 4) is 11.5 Å². The van der Waals surface area contributed by atoms with Crippen molar-refractivity contribution < 1.29 is 38.1 Å². The van der Waals surface area contributed by atoms with Gasteiger partial charge in [0.2, 0.25) is 0 Å². The first kappa shape index (κ1) is 49.9. The minimum atomic E-state index is -1.45. The Hall–Kier alpha value is -6.52. The van der Waals surface area contributed by atoms with E-state index in [1.54, 1.807) is 60.7 Å². The smallest absolute Gasteiger partial charge is 0.332 e. The second-order valence-electron chi connectivity index (χ2n) is 18.6. The zero-order valence-corrected chi connectivity index (χ0v) is 40.8. The normalized spacial score (nSPS) is 18.4. The third kappa shape index (κ3) is 12.1. The number of benzene rings is 2. The molecule has 0 unspecified atom stereocenters. The molecule has 0 atom stereocenters. The highest BCUT2D eigenvalue weighted by Crippen LogP contribution is 2.37. The van der Waals surface area contributed by atoms with Gasteiger partial charge in [-0.2, -0.15) is 0 Å². The summed E-state index contributed by atoms with van der Waals surface area (Å²) in [5.41, 5.74) is -0.779. The number of piperazine rings is 2. The van der Waals surface area contributed by atoms with E-state index in [9.17, 15) is 19.2 Å². The van der Waals surface area contributed by atoms with Crippen molar-refractivity contribution in [3.63, 3.8) is 0 Å². The van der Waals surface area contributed by atoms with Gasteiger partial charge in [0.15, 0.2) is 11.2 Å². The number of ether oxygens (including phenoxy) is 4. The summed E-state index contributed by atoms with van der Waals surface area (Å²) in [6.45, 7) is 8.26. The lowest BCUT2D eigenvalue weighted by atomic mass is 9.83. The molecule has 8 rings (SSSR count). The van der Waals surface area contributed by atoms with Crippen LogP contribution >= 0.6 is 0 Å². The van der Waals surface area contributed by atoms with Crippen LogP contribution in [-0.4, -0.2) is 147 Å². The topological polar surface area (TPSA) is 150 Å². The number of rotatable bonds is 18. The molecule has 0 N–H and O–H groups in total. The maximum atomic E-state index is 14.9. The van der Waals surface area contributed by atoms with E-state index in [0.29, 0.717) is 89.2 Å². The van der Waals surface area contributed by atoms with Gasteiger partial charge in [-0.15, -0.1) is 0 Å². The number of para-hydroxylation sites is 4. The predicted molar refractivity (Wildman–Crippen MR) is 269 cm³/mol. The Bertz CT molecular complexity index is 2210. The van der Waals surface area contributed by atoms with Crippen LogP contribution in [0.25, 0.3) is 0 Å². The Morgan fingerprint density at radius 2 is 0.886 bits per heavy atom. The molecule has 4 aliphatic rings. The first-order valence-electron chi connectivity index (χ1n) is 25.0. The number of methoxy groups -OCH3 is 2. The zero-order valence-electron chi connectivity index (χ0n) is 40.8. The number of nitrogens with zero attached hydrogens (tertiary/aromatic N) is 8. The van der Waals surface area contributed by atoms with Crippen molar-refractivity contribution in [1.29, 1.82) is 0 Å². The lowest BCUT2D eigenvalue weighted by Crippen LogP contribution is -2.55. The highest BCUT2D eigenvalue weighted by Gasteiger charge is 2.48. The van der Waals surface area contributed by atoms with E-state index in [1.165, 1.54) is 0 Å². The molecule has 70 heavy (non-hydrogen) atoms. The molecule has 2 aliphatic carbocycles. The standard InChI is InChI=1S/C54H68N8O8/c1-67-45-19-7-5-17-43(45)59-37-31-57(32-38-59)35-41-61(47-21-9-15-29-55-47)51(65)53(25-11-3-12-26-53)69-49(63)23-24-50(64)70-54(27-13-4-14-28-54)52(66)62(48-22-10-16-30-56-48)42-36-58-33-39-60(40-34-58)44-18-6-8-20-46(44)68-2/h5-10,15-24,29-30H,3-4,11-14,25-28,31-42H2,1-2H3. The quantitative estimate of drug-likeness (QED) is 0.0783. The van der Waals surface area contributed by atoms with Gasteiger partial charge < -0.3 is 28.7 Å². The average molecular weight is 957 g/mol. The summed E-state index contributed by atoms with van der Waals surface area (Å²) in [4.78, 5) is 79.1. The highest BCUT2D eigenvalue weighted by atomic mass is 16.6. The average Bonchev–Trinajstić information content (AvgIpc) is 3.41. The Kier molecular flexibility index (Phi) is 17.0. The van der Waals surface area contributed by atoms with Crippen LogP contribution in [0.1, 0.15) is 64.2 Å². The molecule has 2 aromatic heterocycles. The molecule has 16 nitrogen and oxygen atoms in total. The Balaban J connectivity index is 0.917. The van der Waals surface area contributed by atoms with Crippen molar-refractivity contribution in [1.82, 2.24) is 19.8 Å². The van der Waals surface area contributed by atoms with Crippen molar-refractivity contribution in [3.05, 3.63) is 109 Å². The number of pyridine rings is 2. The van der Waals surface area contributed by atoms with Gasteiger partial charge in [-0.3, -0.25) is 29.2 Å². The Morgan fingerprint density at radius 3 is 1.24 bits per heavy atom. The van der Waals surface area contributed by atoms with Gasteiger partial charge in [0.1, 0.15) is 23.1 Å². The molecule has 0 spiro atoms. The minimum Gasteiger partial charge on any atom is -0.495 e. The summed E-state index contributed by atoms with van der Waals surface area (Å²) >= 11 is 0. The number of esters is 2. The van der Waals surface area contributed by atoms with Gasteiger partial charge in [-0.1, -0.05) is 49.2 Å². The second-order valence-corrected chi connectivity index (χ2v) is 18.6. The molecule has 4 aromatic rings. The SMILES string of the molecule is COc1ccccc1N1CCN(CCN(C(=O)C2(OC(=O)C=CC(=O)OC3(C(=O)N(CCN4CCN(c5ccccc5OC)CC4)c4ccccn4)CCCCC3)CCCCC2)c2ccccn2)CC1. The molecular formula is C54H68N8O8. The van der Waals surface area contributed by atoms with E-state index in [0.717, 1.165) is 100 Å². The van der Waals surface area contributed by atoms with Gasteiger partial charge in [-0.05, 0) is 99.9 Å². The zero-order chi connectivity index (χ0) is 48.8. The van der Waals surface area contributed by atoms with Crippen molar-refractivity contribution in [2.24, 2.45) is 0 Å². The third-order valence-electron chi connectivity index (χ3n) is 14.3. The van der Waals surface area contributed by atoms with Crippen LogP contribution in [0.2, 0.25) is 0 Å². The fourth-order valence-electron chi connectivity index (χ4n) is 10.4. The number of anilines is 4. The van der Waals surface area contributed by atoms with Crippen molar-refractivity contribution in [2.75, 3.05) is 112 Å². The number of carbonyl (C=O) groups excluding carboxylic acids is 4. The fraction of sp³-hybridized carbons (Fsp3) is 0.481. The molecular weight excluding hydrogens is 889 g/mol. The molecule has 372 valence electrons. The van der Waals surface area contributed by atoms with E-state index in [1.807, 2.05) is 48.5 Å². The largest absolute Gasteiger partial charge is 0.495 e. The molecule has 16 heteroatoms. The summed E-state index contributed by atoms with van der Waals surface area (Å²) in [7, 11) is 3.37. The summed E-state index contributed by atoms with van der Waals surface area (Å²) in [6.07, 6.45) is 11.3. The molecule has 2 saturated heterocycles. The minimum absolute atomic E-state index is 0.331. The van der Waals surface area contributed by atoms with Crippen LogP contribution in [0, 0.1) is 0 Å².